The Morgan fingerprint density at radius 3 is 2.33 bits per heavy atom. The van der Waals surface area contributed by atoms with Gasteiger partial charge < -0.3 is 26.7 Å². The zero-order valence-electron chi connectivity index (χ0n) is 13.8. The minimum Gasteiger partial charge on any atom is -0.380 e. The SMILES string of the molecule is NC(=O)C(O)C(O)C(=O)N(c1ccc(Cl)cc1)c1ccc2nc(N)[nH]c2c1. The monoisotopic (exact) mass is 389 g/mol. The molecule has 1 aromatic heterocycles. The minimum atomic E-state index is -2.06. The molecule has 2 aromatic carbocycles. The normalized spacial score (nSPS) is 13.3. The Morgan fingerprint density at radius 1 is 1.07 bits per heavy atom. The Bertz CT molecular complexity index is 1000. The van der Waals surface area contributed by atoms with E-state index in [1.807, 2.05) is 0 Å². The van der Waals surface area contributed by atoms with Gasteiger partial charge in [0.15, 0.2) is 18.2 Å². The molecule has 0 bridgehead atoms. The van der Waals surface area contributed by atoms with E-state index in [0.29, 0.717) is 27.4 Å². The third-order valence-electron chi connectivity index (χ3n) is 3.89. The Balaban J connectivity index is 2.09. The summed E-state index contributed by atoms with van der Waals surface area (Å²) in [6, 6.07) is 11.0. The van der Waals surface area contributed by atoms with Gasteiger partial charge in [0.1, 0.15) is 0 Å². The van der Waals surface area contributed by atoms with E-state index in [1.165, 1.54) is 0 Å². The molecule has 9 nitrogen and oxygen atoms in total. The van der Waals surface area contributed by atoms with Crippen molar-refractivity contribution < 1.29 is 19.8 Å². The van der Waals surface area contributed by atoms with Gasteiger partial charge in [0.25, 0.3) is 5.91 Å². The van der Waals surface area contributed by atoms with Crippen LogP contribution in [0.5, 0.6) is 0 Å². The lowest BCUT2D eigenvalue weighted by molar-refractivity contribution is -0.142. The number of nitrogens with zero attached hydrogens (tertiary/aromatic N) is 2. The van der Waals surface area contributed by atoms with Crippen molar-refractivity contribution in [2.45, 2.75) is 12.2 Å². The molecule has 3 rings (SSSR count). The first-order chi connectivity index (χ1) is 12.8. The van der Waals surface area contributed by atoms with Crippen LogP contribution in [-0.4, -0.2) is 44.2 Å². The van der Waals surface area contributed by atoms with Crippen molar-refractivity contribution in [1.29, 1.82) is 0 Å². The number of imidazole rings is 1. The molecule has 0 aliphatic rings. The van der Waals surface area contributed by atoms with E-state index in [2.05, 4.69) is 9.97 Å². The van der Waals surface area contributed by atoms with Crippen molar-refractivity contribution in [2.75, 3.05) is 10.6 Å². The van der Waals surface area contributed by atoms with Gasteiger partial charge in [-0.2, -0.15) is 0 Å². The molecule has 0 radical (unpaired) electrons. The second-order valence-electron chi connectivity index (χ2n) is 5.77. The number of carbonyl (C=O) groups excluding carboxylic acids is 2. The van der Waals surface area contributed by atoms with Gasteiger partial charge in [-0.15, -0.1) is 0 Å². The van der Waals surface area contributed by atoms with Crippen molar-refractivity contribution >= 4 is 51.8 Å². The topological polar surface area (TPSA) is 159 Å². The number of aliphatic hydroxyl groups is 2. The van der Waals surface area contributed by atoms with Crippen LogP contribution in [0.15, 0.2) is 42.5 Å². The first-order valence-corrected chi connectivity index (χ1v) is 8.16. The van der Waals surface area contributed by atoms with Crippen LogP contribution < -0.4 is 16.4 Å². The lowest BCUT2D eigenvalue weighted by Gasteiger charge is -2.26. The van der Waals surface area contributed by atoms with Gasteiger partial charge in [0, 0.05) is 10.7 Å². The number of benzene rings is 2. The van der Waals surface area contributed by atoms with Crippen LogP contribution in [0.1, 0.15) is 0 Å². The number of hydrogen-bond acceptors (Lipinski definition) is 6. The maximum atomic E-state index is 12.8. The van der Waals surface area contributed by atoms with E-state index >= 15 is 0 Å². The molecule has 0 saturated carbocycles. The maximum Gasteiger partial charge on any atom is 0.263 e. The molecule has 10 heteroatoms. The molecule has 1 heterocycles. The number of aromatic nitrogens is 2. The van der Waals surface area contributed by atoms with Crippen molar-refractivity contribution in [3.63, 3.8) is 0 Å². The summed E-state index contributed by atoms with van der Waals surface area (Å²) in [6.45, 7) is 0. The van der Waals surface area contributed by atoms with Gasteiger partial charge in [-0.05, 0) is 42.5 Å². The van der Waals surface area contributed by atoms with Gasteiger partial charge in [0.05, 0.1) is 16.7 Å². The van der Waals surface area contributed by atoms with E-state index in [1.54, 1.807) is 42.5 Å². The van der Waals surface area contributed by atoms with Crippen LogP contribution in [0.25, 0.3) is 11.0 Å². The molecule has 3 aromatic rings. The number of nitrogen functional groups attached to an aromatic ring is 1. The highest BCUT2D eigenvalue weighted by Crippen LogP contribution is 2.30. The van der Waals surface area contributed by atoms with Crippen LogP contribution in [-0.2, 0) is 9.59 Å². The van der Waals surface area contributed by atoms with Gasteiger partial charge in [-0.25, -0.2) is 4.98 Å². The Kier molecular flexibility index (Phi) is 5.00. The summed E-state index contributed by atoms with van der Waals surface area (Å²) in [4.78, 5) is 32.1. The average Bonchev–Trinajstić information content (AvgIpc) is 3.01. The number of anilines is 3. The van der Waals surface area contributed by atoms with E-state index in [-0.39, 0.29) is 5.95 Å². The summed E-state index contributed by atoms with van der Waals surface area (Å²) in [7, 11) is 0. The highest BCUT2D eigenvalue weighted by molar-refractivity contribution is 6.30. The molecule has 140 valence electrons. The standard InChI is InChI=1S/C17H16ClN5O4/c18-8-1-3-9(4-2-8)23(16(27)14(25)13(24)15(19)26)10-5-6-11-12(7-10)22-17(20)21-11/h1-7,13-14,24-25H,(H2,19,26)(H3,20,21,22). The number of aromatic amines is 1. The Labute approximate surface area is 158 Å². The molecular formula is C17H16ClN5O4. The first-order valence-electron chi connectivity index (χ1n) is 7.78. The summed E-state index contributed by atoms with van der Waals surface area (Å²) in [5.41, 5.74) is 12.5. The van der Waals surface area contributed by atoms with Crippen molar-refractivity contribution in [3.8, 4) is 0 Å². The molecule has 2 unspecified atom stereocenters. The molecule has 2 amide bonds. The smallest absolute Gasteiger partial charge is 0.263 e. The fraction of sp³-hybridized carbons (Fsp3) is 0.118. The number of nitrogens with two attached hydrogens (primary N) is 2. The largest absolute Gasteiger partial charge is 0.380 e. The summed E-state index contributed by atoms with van der Waals surface area (Å²) < 4.78 is 0. The molecule has 0 saturated heterocycles. The minimum absolute atomic E-state index is 0.204. The number of primary amides is 1. The third-order valence-corrected chi connectivity index (χ3v) is 4.14. The van der Waals surface area contributed by atoms with Crippen molar-refractivity contribution in [2.24, 2.45) is 5.73 Å². The second-order valence-corrected chi connectivity index (χ2v) is 6.20. The van der Waals surface area contributed by atoms with Crippen molar-refractivity contribution in [3.05, 3.63) is 47.5 Å². The van der Waals surface area contributed by atoms with E-state index < -0.39 is 24.0 Å². The molecule has 0 fully saturated rings. The van der Waals surface area contributed by atoms with E-state index in [4.69, 9.17) is 23.1 Å². The van der Waals surface area contributed by atoms with Crippen LogP contribution in [0.2, 0.25) is 5.02 Å². The number of halogens is 1. The number of aliphatic hydroxyl groups excluding tert-OH is 2. The van der Waals surface area contributed by atoms with E-state index in [9.17, 15) is 19.8 Å². The van der Waals surface area contributed by atoms with Crippen LogP contribution in [0, 0.1) is 0 Å². The quantitative estimate of drug-likeness (QED) is 0.431. The van der Waals surface area contributed by atoms with Crippen LogP contribution >= 0.6 is 11.6 Å². The Morgan fingerprint density at radius 2 is 1.70 bits per heavy atom. The molecule has 27 heavy (non-hydrogen) atoms. The number of H-pyrrole nitrogens is 1. The molecule has 7 N–H and O–H groups in total. The molecule has 0 aliphatic heterocycles. The number of rotatable bonds is 5. The predicted molar refractivity (Wildman–Crippen MR) is 100 cm³/mol. The average molecular weight is 390 g/mol. The lowest BCUT2D eigenvalue weighted by atomic mass is 10.1. The van der Waals surface area contributed by atoms with Crippen LogP contribution in [0.3, 0.4) is 0 Å². The molecule has 2 atom stereocenters. The number of nitrogens with one attached hydrogen (secondary N) is 1. The number of hydrogen-bond donors (Lipinski definition) is 5. The highest BCUT2D eigenvalue weighted by atomic mass is 35.5. The van der Waals surface area contributed by atoms with Gasteiger partial charge in [-0.1, -0.05) is 11.6 Å². The van der Waals surface area contributed by atoms with Crippen LogP contribution in [0.4, 0.5) is 17.3 Å². The van der Waals surface area contributed by atoms with E-state index in [0.717, 1.165) is 4.90 Å². The molecular weight excluding hydrogens is 374 g/mol. The first kappa shape index (κ1) is 18.6. The third kappa shape index (κ3) is 3.70. The second kappa shape index (κ2) is 7.23. The fourth-order valence-corrected chi connectivity index (χ4v) is 2.70. The number of carbonyl (C=O) groups is 2. The number of fused-ring (bicyclic) bond motifs is 1. The van der Waals surface area contributed by atoms with Gasteiger partial charge >= 0.3 is 0 Å². The lowest BCUT2D eigenvalue weighted by Crippen LogP contribution is -2.48. The highest BCUT2D eigenvalue weighted by Gasteiger charge is 2.33. The summed E-state index contributed by atoms with van der Waals surface area (Å²) in [5, 5.41) is 20.3. The Hall–Kier alpha value is -3.14. The molecule has 0 spiro atoms. The summed E-state index contributed by atoms with van der Waals surface area (Å²) in [6.07, 6.45) is -4.11. The zero-order valence-corrected chi connectivity index (χ0v) is 14.6. The summed E-state index contributed by atoms with van der Waals surface area (Å²) >= 11 is 5.90. The fourth-order valence-electron chi connectivity index (χ4n) is 2.57. The zero-order chi connectivity index (χ0) is 19.7. The molecule has 0 aliphatic carbocycles. The van der Waals surface area contributed by atoms with Crippen molar-refractivity contribution in [1.82, 2.24) is 9.97 Å². The van der Waals surface area contributed by atoms with Gasteiger partial charge in [-0.3, -0.25) is 14.5 Å². The predicted octanol–water partition coefficient (Wildman–Crippen LogP) is 0.670. The number of amides is 2. The van der Waals surface area contributed by atoms with Gasteiger partial charge in [0.2, 0.25) is 5.91 Å². The maximum absolute atomic E-state index is 12.8. The summed E-state index contributed by atoms with van der Waals surface area (Å²) in [5.74, 6) is -1.96.